The predicted molar refractivity (Wildman–Crippen MR) is 119 cm³/mol. The summed E-state index contributed by atoms with van der Waals surface area (Å²) in [5.41, 5.74) is 1.61. The monoisotopic (exact) mass is 450 g/mol. The van der Waals surface area contributed by atoms with Crippen LogP contribution in [0.5, 0.6) is 5.75 Å². The van der Waals surface area contributed by atoms with Crippen molar-refractivity contribution in [3.8, 4) is 5.75 Å². The van der Waals surface area contributed by atoms with Gasteiger partial charge in [0, 0.05) is 11.4 Å². The summed E-state index contributed by atoms with van der Waals surface area (Å²) in [6, 6.07) is 7.82. The van der Waals surface area contributed by atoms with E-state index in [1.807, 2.05) is 31.2 Å². The number of nitrogens with zero attached hydrogens (tertiary/aromatic N) is 1. The number of amides is 1. The van der Waals surface area contributed by atoms with Gasteiger partial charge in [-0.1, -0.05) is 49.8 Å². The number of carbonyl (C=O) groups is 1. The molecule has 3 rings (SSSR count). The molecule has 1 saturated carbocycles. The molecule has 1 aromatic heterocycles. The van der Waals surface area contributed by atoms with Crippen molar-refractivity contribution in [2.45, 2.75) is 70.3 Å². The number of nitrogens with one attached hydrogen (secondary N) is 1. The zero-order valence-electron chi connectivity index (χ0n) is 17.4. The molecule has 1 N–H and O–H groups in total. The lowest BCUT2D eigenvalue weighted by Crippen LogP contribution is -2.39. The number of carbonyl (C=O) groups excluding carboxylic acids is 1. The summed E-state index contributed by atoms with van der Waals surface area (Å²) in [4.78, 5) is 16.6. The Hall–Kier alpha value is -1.93. The van der Waals surface area contributed by atoms with Crippen molar-refractivity contribution in [2.75, 3.05) is 5.75 Å². The third kappa shape index (κ3) is 7.72. The van der Waals surface area contributed by atoms with Crippen LogP contribution in [0.2, 0.25) is 0 Å². The van der Waals surface area contributed by atoms with E-state index < -0.39 is 21.5 Å². The van der Waals surface area contributed by atoms with Gasteiger partial charge in [-0.2, -0.15) is 0 Å². The van der Waals surface area contributed by atoms with Crippen molar-refractivity contribution >= 4 is 27.1 Å². The van der Waals surface area contributed by atoms with Gasteiger partial charge in [-0.25, -0.2) is 13.4 Å². The minimum Gasteiger partial charge on any atom is -0.486 e. The summed E-state index contributed by atoms with van der Waals surface area (Å²) in [5, 5.41) is 5.35. The maximum Gasteiger partial charge on any atom is 0.235 e. The molecule has 30 heavy (non-hydrogen) atoms. The van der Waals surface area contributed by atoms with Gasteiger partial charge in [-0.05, 0) is 31.9 Å². The van der Waals surface area contributed by atoms with Crippen molar-refractivity contribution in [1.82, 2.24) is 10.3 Å². The summed E-state index contributed by atoms with van der Waals surface area (Å²) in [7, 11) is -3.57. The maximum atomic E-state index is 12.5. The van der Waals surface area contributed by atoms with E-state index in [4.69, 9.17) is 4.74 Å². The topological polar surface area (TPSA) is 85.4 Å². The van der Waals surface area contributed by atoms with Gasteiger partial charge in [-0.15, -0.1) is 11.3 Å². The molecule has 0 bridgehead atoms. The third-order valence-corrected chi connectivity index (χ3v) is 7.48. The first kappa shape index (κ1) is 22.7. The first-order chi connectivity index (χ1) is 14.4. The van der Waals surface area contributed by atoms with Crippen LogP contribution in [0, 0.1) is 6.92 Å². The number of thiazole rings is 1. The smallest absolute Gasteiger partial charge is 0.235 e. The average molecular weight is 451 g/mol. The van der Waals surface area contributed by atoms with Crippen LogP contribution in [-0.2, 0) is 27.0 Å². The van der Waals surface area contributed by atoms with Gasteiger partial charge in [-0.3, -0.25) is 4.79 Å². The van der Waals surface area contributed by atoms with E-state index in [1.165, 1.54) is 30.6 Å². The largest absolute Gasteiger partial charge is 0.486 e. The van der Waals surface area contributed by atoms with E-state index in [9.17, 15) is 13.2 Å². The first-order valence-corrected chi connectivity index (χ1v) is 13.2. The van der Waals surface area contributed by atoms with Crippen LogP contribution in [-0.4, -0.2) is 31.1 Å². The molecule has 164 valence electrons. The minimum absolute atomic E-state index is 0.0952. The van der Waals surface area contributed by atoms with Crippen LogP contribution < -0.4 is 10.1 Å². The lowest BCUT2D eigenvalue weighted by Gasteiger charge is -2.20. The predicted octanol–water partition coefficient (Wildman–Crippen LogP) is 4.17. The van der Waals surface area contributed by atoms with Crippen LogP contribution in [0.25, 0.3) is 0 Å². The lowest BCUT2D eigenvalue weighted by atomic mass is 9.97. The summed E-state index contributed by atoms with van der Waals surface area (Å²) in [6.45, 7) is 2.30. The molecule has 0 unspecified atom stereocenters. The fourth-order valence-corrected chi connectivity index (χ4v) is 5.60. The first-order valence-electron chi connectivity index (χ1n) is 10.5. The van der Waals surface area contributed by atoms with Gasteiger partial charge in [0.05, 0.1) is 11.4 Å². The molecule has 1 fully saturated rings. The Balaban J connectivity index is 1.47. The molecule has 0 radical (unpaired) electrons. The second-order valence-electron chi connectivity index (χ2n) is 7.98. The molecule has 0 aliphatic heterocycles. The van der Waals surface area contributed by atoms with Gasteiger partial charge in [0.25, 0.3) is 0 Å². The molecule has 0 spiro atoms. The molecule has 8 heteroatoms. The van der Waals surface area contributed by atoms with Crippen LogP contribution >= 0.6 is 11.3 Å². The molecule has 0 saturated heterocycles. The van der Waals surface area contributed by atoms with Gasteiger partial charge in [0.2, 0.25) is 5.91 Å². The van der Waals surface area contributed by atoms with Crippen molar-refractivity contribution in [2.24, 2.45) is 0 Å². The van der Waals surface area contributed by atoms with E-state index in [0.717, 1.165) is 37.0 Å². The number of benzene rings is 1. The van der Waals surface area contributed by atoms with Crippen molar-refractivity contribution in [1.29, 1.82) is 0 Å². The summed E-state index contributed by atoms with van der Waals surface area (Å²) >= 11 is 1.36. The second-order valence-corrected chi connectivity index (χ2v) is 11.0. The normalized spacial score (nSPS) is 15.9. The van der Waals surface area contributed by atoms with Crippen molar-refractivity contribution in [3.63, 3.8) is 0 Å². The molecule has 1 heterocycles. The number of aromatic nitrogens is 1. The van der Waals surface area contributed by atoms with E-state index in [0.29, 0.717) is 10.7 Å². The van der Waals surface area contributed by atoms with Gasteiger partial charge >= 0.3 is 0 Å². The highest BCUT2D eigenvalue weighted by atomic mass is 32.2. The van der Waals surface area contributed by atoms with Crippen LogP contribution in [0.1, 0.15) is 61.2 Å². The Morgan fingerprint density at radius 3 is 2.50 bits per heavy atom. The van der Waals surface area contributed by atoms with Crippen LogP contribution in [0.3, 0.4) is 0 Å². The zero-order chi connectivity index (χ0) is 21.4. The van der Waals surface area contributed by atoms with Gasteiger partial charge in [0.1, 0.15) is 23.1 Å². The Labute approximate surface area is 183 Å². The van der Waals surface area contributed by atoms with E-state index >= 15 is 0 Å². The molecule has 1 aromatic carbocycles. The average Bonchev–Trinajstić information content (AvgIpc) is 3.09. The second kappa shape index (κ2) is 10.9. The van der Waals surface area contributed by atoms with Gasteiger partial charge < -0.3 is 10.1 Å². The van der Waals surface area contributed by atoms with E-state index in [2.05, 4.69) is 10.3 Å². The third-order valence-electron chi connectivity index (χ3n) is 5.17. The number of sulfone groups is 1. The molecule has 1 aliphatic rings. The fraction of sp³-hybridized carbons (Fsp3) is 0.545. The number of aryl methyl sites for hydroxylation is 1. The summed E-state index contributed by atoms with van der Waals surface area (Å²) < 4.78 is 30.6. The van der Waals surface area contributed by atoms with E-state index in [1.54, 1.807) is 5.38 Å². The number of hydrogen-bond acceptors (Lipinski definition) is 6. The lowest BCUT2D eigenvalue weighted by molar-refractivity contribution is -0.119. The Morgan fingerprint density at radius 1 is 1.13 bits per heavy atom. The molecular formula is C22H30N2O4S2. The highest BCUT2D eigenvalue weighted by Gasteiger charge is 2.21. The molecule has 1 amide bonds. The highest BCUT2D eigenvalue weighted by Crippen LogP contribution is 2.19. The number of ether oxygens (including phenoxy) is 1. The fourth-order valence-electron chi connectivity index (χ4n) is 3.61. The highest BCUT2D eigenvalue weighted by molar-refractivity contribution is 7.91. The van der Waals surface area contributed by atoms with E-state index in [-0.39, 0.29) is 18.4 Å². The summed E-state index contributed by atoms with van der Waals surface area (Å²) in [6.07, 6.45) is 7.66. The Bertz CT molecular complexity index is 915. The number of hydrogen-bond donors (Lipinski definition) is 1. The SMILES string of the molecule is Cc1ccc(OCc2nc(CS(=O)(=O)CC(=O)NC3CCCCCCC3)cs2)cc1. The van der Waals surface area contributed by atoms with Gasteiger partial charge in [0.15, 0.2) is 9.84 Å². The Morgan fingerprint density at radius 2 is 1.80 bits per heavy atom. The molecule has 1 aliphatic carbocycles. The summed E-state index contributed by atoms with van der Waals surface area (Å²) in [5.74, 6) is -0.378. The van der Waals surface area contributed by atoms with Crippen molar-refractivity contribution < 1.29 is 17.9 Å². The molecule has 2 aromatic rings. The number of rotatable bonds is 8. The van der Waals surface area contributed by atoms with Crippen LogP contribution in [0.15, 0.2) is 29.6 Å². The van der Waals surface area contributed by atoms with Crippen LogP contribution in [0.4, 0.5) is 0 Å². The molecular weight excluding hydrogens is 420 g/mol. The molecule has 0 atom stereocenters. The maximum absolute atomic E-state index is 12.5. The zero-order valence-corrected chi connectivity index (χ0v) is 19.1. The standard InChI is InChI=1S/C22H30N2O4S2/c1-17-9-11-20(12-10-17)28-13-22-24-19(14-29-22)15-30(26,27)16-21(25)23-18-7-5-3-2-4-6-8-18/h9-12,14,18H,2-8,13,15-16H2,1H3,(H,23,25). The molecule has 6 nitrogen and oxygen atoms in total. The Kier molecular flexibility index (Phi) is 8.27. The van der Waals surface area contributed by atoms with Crippen molar-refractivity contribution in [3.05, 3.63) is 45.9 Å². The quantitative estimate of drug-likeness (QED) is 0.652. The minimum atomic E-state index is -3.57.